The molecule has 1 N–H and O–H groups in total. The van der Waals surface area contributed by atoms with Crippen molar-refractivity contribution in [1.82, 2.24) is 10.2 Å². The van der Waals surface area contributed by atoms with E-state index in [4.69, 9.17) is 0 Å². The van der Waals surface area contributed by atoms with Gasteiger partial charge >= 0.3 is 0 Å². The Balaban J connectivity index is 0.00000132. The Hall–Kier alpha value is -0.280. The minimum atomic E-state index is 0. The van der Waals surface area contributed by atoms with E-state index in [1.807, 2.05) is 0 Å². The average molecular weight is 359 g/mol. The molecule has 1 aromatic carbocycles. The van der Waals surface area contributed by atoms with Crippen LogP contribution < -0.4 is 5.32 Å². The summed E-state index contributed by atoms with van der Waals surface area (Å²) in [7, 11) is 0. The highest BCUT2D eigenvalue weighted by Crippen LogP contribution is 2.30. The summed E-state index contributed by atoms with van der Waals surface area (Å²) >= 11 is 0. The molecule has 1 aromatic rings. The number of likely N-dealkylation sites (tertiary alicyclic amines) is 1. The lowest BCUT2D eigenvalue weighted by molar-refractivity contribution is 0.184. The van der Waals surface area contributed by atoms with Gasteiger partial charge in [0.25, 0.3) is 0 Å². The standard InChI is InChI=1S/C19H30N2.2ClH/c1-15-7-11-21(12-8-15)14-18-4-3-16(2)13-19(18)17-5-9-20-10-6-17;;/h3-4,13,15,17,20H,5-12,14H2,1-2H3;2*1H. The normalized spacial score (nSPS) is 20.6. The molecule has 0 amide bonds. The quantitative estimate of drug-likeness (QED) is 0.853. The number of nitrogens with one attached hydrogen (secondary N) is 1. The van der Waals surface area contributed by atoms with Crippen molar-refractivity contribution in [2.75, 3.05) is 26.2 Å². The molecule has 2 aliphatic heterocycles. The highest BCUT2D eigenvalue weighted by atomic mass is 35.5. The lowest BCUT2D eigenvalue weighted by Crippen LogP contribution is -2.33. The van der Waals surface area contributed by atoms with E-state index in [9.17, 15) is 0 Å². The highest BCUT2D eigenvalue weighted by Gasteiger charge is 2.21. The molecule has 0 aromatic heterocycles. The SMILES string of the molecule is Cc1ccc(CN2CCC(C)CC2)c(C2CCNCC2)c1.Cl.Cl. The Labute approximate surface area is 154 Å². The second-order valence-electron chi connectivity index (χ2n) is 7.19. The molecule has 0 unspecified atom stereocenters. The molecule has 2 nitrogen and oxygen atoms in total. The molecule has 0 atom stereocenters. The monoisotopic (exact) mass is 358 g/mol. The fourth-order valence-electron chi connectivity index (χ4n) is 3.83. The molecule has 3 rings (SSSR count). The summed E-state index contributed by atoms with van der Waals surface area (Å²) in [5, 5.41) is 3.49. The van der Waals surface area contributed by atoms with Crippen LogP contribution in [0.2, 0.25) is 0 Å². The van der Waals surface area contributed by atoms with Crippen LogP contribution >= 0.6 is 24.8 Å². The number of nitrogens with zero attached hydrogens (tertiary/aromatic N) is 1. The van der Waals surface area contributed by atoms with E-state index < -0.39 is 0 Å². The van der Waals surface area contributed by atoms with E-state index in [1.54, 1.807) is 11.1 Å². The van der Waals surface area contributed by atoms with Gasteiger partial charge in [-0.3, -0.25) is 4.90 Å². The third kappa shape index (κ3) is 5.63. The molecule has 0 aliphatic carbocycles. The maximum absolute atomic E-state index is 3.49. The van der Waals surface area contributed by atoms with Crippen LogP contribution in [0.5, 0.6) is 0 Å². The van der Waals surface area contributed by atoms with Gasteiger partial charge in [-0.1, -0.05) is 30.7 Å². The van der Waals surface area contributed by atoms with Crippen molar-refractivity contribution in [3.63, 3.8) is 0 Å². The van der Waals surface area contributed by atoms with E-state index in [-0.39, 0.29) is 24.8 Å². The van der Waals surface area contributed by atoms with Crippen LogP contribution in [0.4, 0.5) is 0 Å². The number of aryl methyl sites for hydroxylation is 1. The third-order valence-electron chi connectivity index (χ3n) is 5.35. The van der Waals surface area contributed by atoms with Gasteiger partial charge in [-0.25, -0.2) is 0 Å². The van der Waals surface area contributed by atoms with Gasteiger partial charge in [-0.2, -0.15) is 0 Å². The fraction of sp³-hybridized carbons (Fsp3) is 0.684. The first-order valence-corrected chi connectivity index (χ1v) is 8.75. The summed E-state index contributed by atoms with van der Waals surface area (Å²) in [6.45, 7) is 10.7. The number of hydrogen-bond acceptors (Lipinski definition) is 2. The van der Waals surface area contributed by atoms with E-state index in [1.165, 1.54) is 57.4 Å². The van der Waals surface area contributed by atoms with E-state index in [2.05, 4.69) is 42.3 Å². The zero-order chi connectivity index (χ0) is 14.7. The van der Waals surface area contributed by atoms with Crippen molar-refractivity contribution >= 4 is 24.8 Å². The maximum atomic E-state index is 3.49. The van der Waals surface area contributed by atoms with Gasteiger partial charge in [0.05, 0.1) is 0 Å². The first-order chi connectivity index (χ1) is 10.2. The Bertz CT molecular complexity index is 464. The molecule has 23 heavy (non-hydrogen) atoms. The minimum Gasteiger partial charge on any atom is -0.317 e. The molecular weight excluding hydrogens is 327 g/mol. The van der Waals surface area contributed by atoms with Gasteiger partial charge in [0, 0.05) is 6.54 Å². The Morgan fingerprint density at radius 1 is 1.04 bits per heavy atom. The average Bonchev–Trinajstić information content (AvgIpc) is 2.52. The number of rotatable bonds is 3. The zero-order valence-corrected chi connectivity index (χ0v) is 16.1. The Morgan fingerprint density at radius 2 is 1.70 bits per heavy atom. The molecule has 2 heterocycles. The summed E-state index contributed by atoms with van der Waals surface area (Å²) < 4.78 is 0. The van der Waals surface area contributed by atoms with Crippen molar-refractivity contribution in [1.29, 1.82) is 0 Å². The molecule has 0 radical (unpaired) electrons. The van der Waals surface area contributed by atoms with Gasteiger partial charge in [0.1, 0.15) is 0 Å². The van der Waals surface area contributed by atoms with Crippen LogP contribution in [0.25, 0.3) is 0 Å². The van der Waals surface area contributed by atoms with Gasteiger partial charge in [-0.05, 0) is 81.7 Å². The summed E-state index contributed by atoms with van der Waals surface area (Å²) in [5.41, 5.74) is 4.64. The molecule has 2 aliphatic rings. The summed E-state index contributed by atoms with van der Waals surface area (Å²) in [6, 6.07) is 7.15. The first kappa shape index (κ1) is 20.8. The number of benzene rings is 1. The molecule has 0 saturated carbocycles. The van der Waals surface area contributed by atoms with E-state index in [0.717, 1.165) is 18.4 Å². The maximum Gasteiger partial charge on any atom is 0.0236 e. The topological polar surface area (TPSA) is 15.3 Å². The third-order valence-corrected chi connectivity index (χ3v) is 5.35. The smallest absolute Gasteiger partial charge is 0.0236 e. The highest BCUT2D eigenvalue weighted by molar-refractivity contribution is 5.85. The molecule has 132 valence electrons. The largest absolute Gasteiger partial charge is 0.317 e. The van der Waals surface area contributed by atoms with Crippen molar-refractivity contribution in [2.45, 2.75) is 52.0 Å². The van der Waals surface area contributed by atoms with Crippen molar-refractivity contribution in [3.05, 3.63) is 34.9 Å². The molecule has 0 bridgehead atoms. The van der Waals surface area contributed by atoms with E-state index in [0.29, 0.717) is 0 Å². The molecule has 2 saturated heterocycles. The van der Waals surface area contributed by atoms with Crippen LogP contribution in [0.3, 0.4) is 0 Å². The minimum absolute atomic E-state index is 0. The Morgan fingerprint density at radius 3 is 2.35 bits per heavy atom. The Kier molecular flexibility index (Phi) is 8.92. The summed E-state index contributed by atoms with van der Waals surface area (Å²) in [6.07, 6.45) is 5.34. The molecular formula is C19H32Cl2N2. The van der Waals surface area contributed by atoms with Gasteiger partial charge in [0.2, 0.25) is 0 Å². The second-order valence-corrected chi connectivity index (χ2v) is 7.19. The van der Waals surface area contributed by atoms with Crippen molar-refractivity contribution in [3.8, 4) is 0 Å². The number of halogens is 2. The fourth-order valence-corrected chi connectivity index (χ4v) is 3.83. The summed E-state index contributed by atoms with van der Waals surface area (Å²) in [5.74, 6) is 1.69. The van der Waals surface area contributed by atoms with Crippen LogP contribution in [-0.2, 0) is 6.54 Å². The van der Waals surface area contributed by atoms with E-state index >= 15 is 0 Å². The van der Waals surface area contributed by atoms with Crippen LogP contribution in [0.15, 0.2) is 18.2 Å². The lowest BCUT2D eigenvalue weighted by atomic mass is 9.86. The lowest BCUT2D eigenvalue weighted by Gasteiger charge is -2.32. The van der Waals surface area contributed by atoms with Gasteiger partial charge in [-0.15, -0.1) is 24.8 Å². The van der Waals surface area contributed by atoms with Crippen molar-refractivity contribution < 1.29 is 0 Å². The van der Waals surface area contributed by atoms with Crippen molar-refractivity contribution in [2.24, 2.45) is 5.92 Å². The van der Waals surface area contributed by atoms with Crippen LogP contribution in [0.1, 0.15) is 55.2 Å². The van der Waals surface area contributed by atoms with Crippen LogP contribution in [0, 0.1) is 12.8 Å². The molecule has 4 heteroatoms. The second kappa shape index (κ2) is 9.88. The van der Waals surface area contributed by atoms with Crippen LogP contribution in [-0.4, -0.2) is 31.1 Å². The molecule has 2 fully saturated rings. The number of hydrogen-bond donors (Lipinski definition) is 1. The number of piperidine rings is 2. The summed E-state index contributed by atoms with van der Waals surface area (Å²) in [4.78, 5) is 2.66. The predicted octanol–water partition coefficient (Wildman–Crippen LogP) is 4.54. The molecule has 0 spiro atoms. The van der Waals surface area contributed by atoms with Gasteiger partial charge < -0.3 is 5.32 Å². The zero-order valence-electron chi connectivity index (χ0n) is 14.5. The first-order valence-electron chi connectivity index (χ1n) is 8.75. The predicted molar refractivity (Wildman–Crippen MR) is 104 cm³/mol. The van der Waals surface area contributed by atoms with Gasteiger partial charge in [0.15, 0.2) is 0 Å².